The van der Waals surface area contributed by atoms with Crippen molar-refractivity contribution in [1.82, 2.24) is 10.3 Å². The van der Waals surface area contributed by atoms with Crippen molar-refractivity contribution < 1.29 is 9.21 Å². The molecule has 0 fully saturated rings. The molecule has 1 N–H and O–H groups in total. The maximum Gasteiger partial charge on any atom is 0.252 e. The van der Waals surface area contributed by atoms with Crippen molar-refractivity contribution in [2.75, 3.05) is 6.54 Å². The first-order chi connectivity index (χ1) is 14.2. The number of benzene rings is 2. The number of carbonyl (C=O) groups excluding carboxylic acids is 1. The number of nitrogens with one attached hydrogen (secondary N) is 1. The zero-order valence-corrected chi connectivity index (χ0v) is 17.7. The summed E-state index contributed by atoms with van der Waals surface area (Å²) in [6.07, 6.45) is 9.79. The summed E-state index contributed by atoms with van der Waals surface area (Å²) in [6.45, 7) is 0.648. The zero-order valence-electron chi connectivity index (χ0n) is 16.2. The van der Waals surface area contributed by atoms with Crippen LogP contribution >= 0.6 is 15.9 Å². The summed E-state index contributed by atoms with van der Waals surface area (Å²) >= 11 is 3.44. The van der Waals surface area contributed by atoms with E-state index in [1.54, 1.807) is 6.20 Å². The number of amides is 1. The molecule has 0 saturated carbocycles. The van der Waals surface area contributed by atoms with E-state index in [0.29, 0.717) is 29.3 Å². The molecule has 0 aliphatic heterocycles. The third-order valence-electron chi connectivity index (χ3n) is 5.15. The smallest absolute Gasteiger partial charge is 0.252 e. The van der Waals surface area contributed by atoms with E-state index < -0.39 is 0 Å². The van der Waals surface area contributed by atoms with Crippen molar-refractivity contribution in [3.8, 4) is 22.8 Å². The molecule has 4 rings (SSSR count). The molecule has 0 unspecified atom stereocenters. The second kappa shape index (κ2) is 9.23. The number of nitrogens with zero attached hydrogens (tertiary/aromatic N) is 1. The highest BCUT2D eigenvalue weighted by Crippen LogP contribution is 2.29. The van der Waals surface area contributed by atoms with Crippen molar-refractivity contribution in [2.24, 2.45) is 0 Å². The minimum absolute atomic E-state index is 0.0969. The summed E-state index contributed by atoms with van der Waals surface area (Å²) < 4.78 is 6.98. The topological polar surface area (TPSA) is 55.1 Å². The third kappa shape index (κ3) is 4.85. The van der Waals surface area contributed by atoms with E-state index in [1.807, 2.05) is 48.5 Å². The van der Waals surface area contributed by atoms with Gasteiger partial charge in [-0.1, -0.05) is 51.8 Å². The van der Waals surface area contributed by atoms with Gasteiger partial charge in [0.1, 0.15) is 0 Å². The second-order valence-electron chi connectivity index (χ2n) is 7.20. The molecule has 2 aromatic carbocycles. The molecule has 148 valence electrons. The Labute approximate surface area is 179 Å². The molecule has 29 heavy (non-hydrogen) atoms. The Bertz CT molecular complexity index is 1020. The first-order valence-electron chi connectivity index (χ1n) is 9.98. The lowest BCUT2D eigenvalue weighted by Crippen LogP contribution is -2.25. The second-order valence-corrected chi connectivity index (χ2v) is 8.11. The van der Waals surface area contributed by atoms with Crippen molar-refractivity contribution in [3.63, 3.8) is 0 Å². The molecule has 1 aromatic heterocycles. The Morgan fingerprint density at radius 1 is 1.10 bits per heavy atom. The maximum atomic E-state index is 12.8. The van der Waals surface area contributed by atoms with E-state index in [-0.39, 0.29) is 5.91 Å². The quantitative estimate of drug-likeness (QED) is 0.442. The minimum Gasteiger partial charge on any atom is -0.436 e. The highest BCUT2D eigenvalue weighted by molar-refractivity contribution is 9.10. The molecule has 0 bridgehead atoms. The fourth-order valence-corrected chi connectivity index (χ4v) is 3.84. The molecule has 0 spiro atoms. The zero-order chi connectivity index (χ0) is 20.1. The Kier molecular flexibility index (Phi) is 6.25. The van der Waals surface area contributed by atoms with Gasteiger partial charge in [-0.15, -0.1) is 0 Å². The molecule has 0 radical (unpaired) electrons. The molecule has 1 amide bonds. The largest absolute Gasteiger partial charge is 0.436 e. The lowest BCUT2D eigenvalue weighted by atomic mass is 9.97. The van der Waals surface area contributed by atoms with Gasteiger partial charge in [0.2, 0.25) is 5.89 Å². The lowest BCUT2D eigenvalue weighted by Gasteiger charge is -2.13. The van der Waals surface area contributed by atoms with Gasteiger partial charge >= 0.3 is 0 Å². The van der Waals surface area contributed by atoms with Crippen LogP contribution in [-0.4, -0.2) is 17.4 Å². The van der Waals surface area contributed by atoms with Crippen LogP contribution in [0.1, 0.15) is 42.5 Å². The highest BCUT2D eigenvalue weighted by atomic mass is 79.9. The van der Waals surface area contributed by atoms with Gasteiger partial charge in [-0.3, -0.25) is 4.79 Å². The number of halogens is 1. The van der Waals surface area contributed by atoms with Crippen molar-refractivity contribution in [2.45, 2.75) is 32.1 Å². The molecule has 1 aliphatic carbocycles. The van der Waals surface area contributed by atoms with Crippen LogP contribution in [0, 0.1) is 0 Å². The summed E-state index contributed by atoms with van der Waals surface area (Å²) in [5.74, 6) is 1.02. The van der Waals surface area contributed by atoms with Crippen molar-refractivity contribution in [1.29, 1.82) is 0 Å². The average Bonchev–Trinajstić information content (AvgIpc) is 3.25. The highest BCUT2D eigenvalue weighted by Gasteiger charge is 2.17. The fraction of sp³-hybridized carbons (Fsp3) is 0.250. The molecule has 4 nitrogen and oxygen atoms in total. The molecule has 3 aromatic rings. The lowest BCUT2D eigenvalue weighted by molar-refractivity contribution is 0.0954. The van der Waals surface area contributed by atoms with Crippen LogP contribution in [0.3, 0.4) is 0 Å². The summed E-state index contributed by atoms with van der Waals surface area (Å²) in [5, 5.41) is 3.05. The number of hydrogen-bond donors (Lipinski definition) is 1. The molecule has 1 aliphatic rings. The van der Waals surface area contributed by atoms with Crippen LogP contribution in [0.15, 0.2) is 75.3 Å². The summed E-state index contributed by atoms with van der Waals surface area (Å²) in [4.78, 5) is 17.2. The number of hydrogen-bond acceptors (Lipinski definition) is 3. The van der Waals surface area contributed by atoms with Gasteiger partial charge in [0, 0.05) is 22.1 Å². The molecular weight excluding hydrogens is 428 g/mol. The van der Waals surface area contributed by atoms with Crippen molar-refractivity contribution >= 4 is 21.8 Å². The van der Waals surface area contributed by atoms with Gasteiger partial charge in [0.25, 0.3) is 5.91 Å². The van der Waals surface area contributed by atoms with E-state index in [9.17, 15) is 4.79 Å². The Balaban J connectivity index is 1.48. The maximum absolute atomic E-state index is 12.8. The van der Waals surface area contributed by atoms with E-state index in [2.05, 4.69) is 32.3 Å². The van der Waals surface area contributed by atoms with Crippen LogP contribution in [0.25, 0.3) is 22.8 Å². The average molecular weight is 451 g/mol. The fourth-order valence-electron chi connectivity index (χ4n) is 3.58. The molecule has 5 heteroatoms. The number of allylic oxidation sites excluding steroid dienone is 1. The molecule has 0 saturated heterocycles. The van der Waals surface area contributed by atoms with Gasteiger partial charge in [0.15, 0.2) is 5.76 Å². The third-order valence-corrected chi connectivity index (χ3v) is 5.68. The van der Waals surface area contributed by atoms with Gasteiger partial charge in [-0.05, 0) is 56.4 Å². The standard InChI is InChI=1S/C24H23BrN2O2/c25-19-12-10-18(11-13-19)22-16-27-24(29-22)21-9-5-4-8-20(21)23(28)26-15-14-17-6-2-1-3-7-17/h4-6,8-13,16H,1-3,7,14-15H2,(H,26,28). The minimum atomic E-state index is -0.0969. The Morgan fingerprint density at radius 3 is 2.72 bits per heavy atom. The van der Waals surface area contributed by atoms with Gasteiger partial charge in [-0.25, -0.2) is 4.98 Å². The summed E-state index contributed by atoms with van der Waals surface area (Å²) in [5.41, 5.74) is 3.67. The number of carbonyl (C=O) groups is 1. The normalized spacial score (nSPS) is 13.8. The van der Waals surface area contributed by atoms with Gasteiger partial charge in [-0.2, -0.15) is 0 Å². The van der Waals surface area contributed by atoms with Gasteiger partial charge < -0.3 is 9.73 Å². The number of oxazole rings is 1. The Morgan fingerprint density at radius 2 is 1.93 bits per heavy atom. The van der Waals surface area contributed by atoms with E-state index >= 15 is 0 Å². The number of aromatic nitrogens is 1. The molecular formula is C24H23BrN2O2. The summed E-state index contributed by atoms with van der Waals surface area (Å²) in [7, 11) is 0. The van der Waals surface area contributed by atoms with Crippen molar-refractivity contribution in [3.05, 3.63) is 76.4 Å². The van der Waals surface area contributed by atoms with Gasteiger partial charge in [0.05, 0.1) is 11.8 Å². The van der Waals surface area contributed by atoms with Crippen LogP contribution < -0.4 is 5.32 Å². The number of rotatable bonds is 6. The molecule has 0 atom stereocenters. The molecule has 1 heterocycles. The van der Waals surface area contributed by atoms with E-state index in [4.69, 9.17) is 4.42 Å². The predicted octanol–water partition coefficient (Wildman–Crippen LogP) is 6.39. The van der Waals surface area contributed by atoms with Crippen LogP contribution in [0.4, 0.5) is 0 Å². The summed E-state index contributed by atoms with van der Waals surface area (Å²) in [6, 6.07) is 15.3. The first kappa shape index (κ1) is 19.6. The van der Waals surface area contributed by atoms with Crippen LogP contribution in [-0.2, 0) is 0 Å². The SMILES string of the molecule is O=C(NCCC1=CCCCC1)c1ccccc1-c1ncc(-c2ccc(Br)cc2)o1. The Hall–Kier alpha value is -2.66. The van der Waals surface area contributed by atoms with E-state index in [0.717, 1.165) is 29.3 Å². The monoisotopic (exact) mass is 450 g/mol. The van der Waals surface area contributed by atoms with Crippen LogP contribution in [0.5, 0.6) is 0 Å². The van der Waals surface area contributed by atoms with E-state index in [1.165, 1.54) is 18.4 Å². The predicted molar refractivity (Wildman–Crippen MR) is 119 cm³/mol. The first-order valence-corrected chi connectivity index (χ1v) is 10.8. The van der Waals surface area contributed by atoms with Crippen LogP contribution in [0.2, 0.25) is 0 Å².